The molecule has 1 aromatic heterocycles. The number of benzene rings is 3. The van der Waals surface area contributed by atoms with Crippen LogP contribution in [0.2, 0.25) is 5.02 Å². The van der Waals surface area contributed by atoms with Crippen molar-refractivity contribution in [2.45, 2.75) is 24.7 Å². The SMILES string of the molecule is COc1ccc(C(=O)c2oc3ccccc3c2NCC(=O)c2cccc(S(=O)(=O)N3CCCC(C)C3)c2)cc1Cl. The molecule has 208 valence electrons. The molecule has 1 fully saturated rings. The first-order valence-corrected chi connectivity index (χ1v) is 14.8. The Bertz CT molecular complexity index is 1700. The quantitative estimate of drug-likeness (QED) is 0.240. The Kier molecular flexibility index (Phi) is 7.98. The molecule has 1 unspecified atom stereocenters. The van der Waals surface area contributed by atoms with E-state index < -0.39 is 15.8 Å². The minimum Gasteiger partial charge on any atom is -0.495 e. The van der Waals surface area contributed by atoms with Gasteiger partial charge in [0, 0.05) is 29.6 Å². The highest BCUT2D eigenvalue weighted by Gasteiger charge is 2.29. The van der Waals surface area contributed by atoms with Gasteiger partial charge >= 0.3 is 0 Å². The monoisotopic (exact) mass is 580 g/mol. The van der Waals surface area contributed by atoms with Crippen LogP contribution >= 0.6 is 11.6 Å². The largest absolute Gasteiger partial charge is 0.495 e. The highest BCUT2D eigenvalue weighted by Crippen LogP contribution is 2.34. The summed E-state index contributed by atoms with van der Waals surface area (Å²) in [6, 6.07) is 17.9. The summed E-state index contributed by atoms with van der Waals surface area (Å²) in [4.78, 5) is 26.8. The number of rotatable bonds is 9. The maximum absolute atomic E-state index is 13.4. The Morgan fingerprint density at radius 1 is 1.07 bits per heavy atom. The van der Waals surface area contributed by atoms with Gasteiger partial charge in [0.25, 0.3) is 0 Å². The number of carbonyl (C=O) groups is 2. The summed E-state index contributed by atoms with van der Waals surface area (Å²) in [5.41, 5.74) is 1.39. The number of nitrogens with zero attached hydrogens (tertiary/aromatic N) is 1. The molecule has 10 heteroatoms. The number of ketones is 2. The highest BCUT2D eigenvalue weighted by molar-refractivity contribution is 7.89. The topological polar surface area (TPSA) is 106 Å². The fourth-order valence-corrected chi connectivity index (χ4v) is 6.84. The molecule has 5 rings (SSSR count). The van der Waals surface area contributed by atoms with E-state index in [2.05, 4.69) is 5.32 Å². The van der Waals surface area contributed by atoms with E-state index in [-0.39, 0.29) is 39.5 Å². The van der Waals surface area contributed by atoms with Crippen LogP contribution in [0.15, 0.2) is 76.0 Å². The molecule has 0 radical (unpaired) electrons. The molecule has 0 spiro atoms. The lowest BCUT2D eigenvalue weighted by atomic mass is 10.0. The number of carbonyl (C=O) groups excluding carboxylic acids is 2. The maximum Gasteiger partial charge on any atom is 0.243 e. The predicted octanol–water partition coefficient (Wildman–Crippen LogP) is 6.04. The molecule has 0 bridgehead atoms. The van der Waals surface area contributed by atoms with Crippen molar-refractivity contribution in [1.29, 1.82) is 0 Å². The lowest BCUT2D eigenvalue weighted by Crippen LogP contribution is -2.39. The summed E-state index contributed by atoms with van der Waals surface area (Å²) in [6.07, 6.45) is 1.81. The molecule has 1 atom stereocenters. The lowest BCUT2D eigenvalue weighted by Gasteiger charge is -2.30. The number of furan rings is 1. The number of methoxy groups -OCH3 is 1. The van der Waals surface area contributed by atoms with Gasteiger partial charge in [0.2, 0.25) is 15.8 Å². The Balaban J connectivity index is 1.40. The van der Waals surface area contributed by atoms with Crippen LogP contribution in [0, 0.1) is 5.92 Å². The molecular formula is C30H29ClN2O6S. The number of anilines is 1. The van der Waals surface area contributed by atoms with Crippen LogP contribution in [0.5, 0.6) is 5.75 Å². The van der Waals surface area contributed by atoms with Gasteiger partial charge in [0.05, 0.1) is 29.3 Å². The molecule has 0 amide bonds. The molecule has 1 N–H and O–H groups in total. The van der Waals surface area contributed by atoms with Gasteiger partial charge in [0.1, 0.15) is 11.3 Å². The van der Waals surface area contributed by atoms with Crippen LogP contribution in [-0.4, -0.2) is 51.0 Å². The fourth-order valence-electron chi connectivity index (χ4n) is 4.93. The van der Waals surface area contributed by atoms with Crippen molar-refractivity contribution in [2.75, 3.05) is 32.1 Å². The van der Waals surface area contributed by atoms with Crippen LogP contribution in [0.4, 0.5) is 5.69 Å². The molecule has 40 heavy (non-hydrogen) atoms. The Morgan fingerprint density at radius 2 is 1.88 bits per heavy atom. The zero-order valence-electron chi connectivity index (χ0n) is 22.1. The van der Waals surface area contributed by atoms with E-state index >= 15 is 0 Å². The number of sulfonamides is 1. The number of para-hydroxylation sites is 1. The van der Waals surface area contributed by atoms with Gasteiger partial charge in [0.15, 0.2) is 11.5 Å². The Morgan fingerprint density at radius 3 is 2.62 bits per heavy atom. The van der Waals surface area contributed by atoms with Crippen LogP contribution < -0.4 is 10.1 Å². The number of ether oxygens (including phenoxy) is 1. The summed E-state index contributed by atoms with van der Waals surface area (Å²) in [5.74, 6) is 0.00421. The van der Waals surface area contributed by atoms with Crippen molar-refractivity contribution < 1.29 is 27.2 Å². The Labute approximate surface area is 237 Å². The number of nitrogens with one attached hydrogen (secondary N) is 1. The van der Waals surface area contributed by atoms with Gasteiger partial charge in [-0.05, 0) is 61.2 Å². The van der Waals surface area contributed by atoms with Crippen LogP contribution in [-0.2, 0) is 10.0 Å². The van der Waals surface area contributed by atoms with Crippen molar-refractivity contribution in [3.63, 3.8) is 0 Å². The number of halogens is 1. The van der Waals surface area contributed by atoms with Gasteiger partial charge in [-0.1, -0.05) is 42.8 Å². The first kappa shape index (κ1) is 27.9. The van der Waals surface area contributed by atoms with Crippen LogP contribution in [0.25, 0.3) is 11.0 Å². The molecule has 1 aliphatic heterocycles. The van der Waals surface area contributed by atoms with Gasteiger partial charge in [-0.25, -0.2) is 8.42 Å². The van der Waals surface area contributed by atoms with Crippen molar-refractivity contribution in [1.82, 2.24) is 4.31 Å². The molecule has 8 nitrogen and oxygen atoms in total. The maximum atomic E-state index is 13.4. The second kappa shape index (κ2) is 11.4. The standard InChI is InChI=1S/C30H29ClN2O6S/c1-19-7-6-14-33(18-19)40(36,37)22-9-5-8-20(15-22)25(34)17-32-28-23-10-3-4-11-26(23)39-30(28)29(35)21-12-13-27(38-2)24(31)16-21/h3-5,8-13,15-16,19,32H,6-7,14,17-18H2,1-2H3. The smallest absolute Gasteiger partial charge is 0.243 e. The third-order valence-corrected chi connectivity index (χ3v) is 9.21. The van der Waals surface area contributed by atoms with Gasteiger partial charge < -0.3 is 14.5 Å². The number of fused-ring (bicyclic) bond motifs is 1. The summed E-state index contributed by atoms with van der Waals surface area (Å²) >= 11 is 6.24. The van der Waals surface area contributed by atoms with E-state index in [9.17, 15) is 18.0 Å². The van der Waals surface area contributed by atoms with E-state index in [1.807, 2.05) is 6.92 Å². The van der Waals surface area contributed by atoms with Gasteiger partial charge in [-0.15, -0.1) is 0 Å². The van der Waals surface area contributed by atoms with Gasteiger partial charge in [-0.2, -0.15) is 4.31 Å². The predicted molar refractivity (Wildman–Crippen MR) is 154 cm³/mol. The summed E-state index contributed by atoms with van der Waals surface area (Å²) in [5, 5.41) is 3.98. The lowest BCUT2D eigenvalue weighted by molar-refractivity contribution is 0.0997. The van der Waals surface area contributed by atoms with Crippen LogP contribution in [0.1, 0.15) is 46.2 Å². The first-order chi connectivity index (χ1) is 19.2. The van der Waals surface area contributed by atoms with Crippen molar-refractivity contribution in [3.8, 4) is 5.75 Å². The summed E-state index contributed by atoms with van der Waals surface area (Å²) in [6.45, 7) is 2.79. The third-order valence-electron chi connectivity index (χ3n) is 7.05. The van der Waals surface area contributed by atoms with E-state index in [1.54, 1.807) is 48.5 Å². The van der Waals surface area contributed by atoms with Crippen molar-refractivity contribution >= 4 is 49.8 Å². The molecule has 0 aliphatic carbocycles. The van der Waals surface area contributed by atoms with Gasteiger partial charge in [-0.3, -0.25) is 9.59 Å². The first-order valence-electron chi connectivity index (χ1n) is 13.0. The number of hydrogen-bond donors (Lipinski definition) is 1. The molecule has 3 aromatic carbocycles. The number of Topliss-reactive ketones (excluding diaryl/α,β-unsaturated/α-hetero) is 1. The fraction of sp³-hybridized carbons (Fsp3) is 0.267. The summed E-state index contributed by atoms with van der Waals surface area (Å²) in [7, 11) is -2.23. The molecule has 1 saturated heterocycles. The van der Waals surface area contributed by atoms with Crippen molar-refractivity contribution in [3.05, 3.63) is 88.6 Å². The van der Waals surface area contributed by atoms with E-state index in [4.69, 9.17) is 20.8 Å². The van der Waals surface area contributed by atoms with Crippen LogP contribution in [0.3, 0.4) is 0 Å². The number of hydrogen-bond acceptors (Lipinski definition) is 7. The molecule has 4 aromatic rings. The van der Waals surface area contributed by atoms with Crippen molar-refractivity contribution in [2.24, 2.45) is 5.92 Å². The molecule has 2 heterocycles. The van der Waals surface area contributed by atoms with E-state index in [0.717, 1.165) is 12.8 Å². The number of piperidine rings is 1. The average molecular weight is 581 g/mol. The second-order valence-corrected chi connectivity index (χ2v) is 12.2. The zero-order chi connectivity index (χ0) is 28.4. The normalized spacial score (nSPS) is 16.1. The van der Waals surface area contributed by atoms with E-state index in [0.29, 0.717) is 41.1 Å². The molecule has 0 saturated carbocycles. The highest BCUT2D eigenvalue weighted by atomic mass is 35.5. The zero-order valence-corrected chi connectivity index (χ0v) is 23.7. The third kappa shape index (κ3) is 5.50. The second-order valence-electron chi connectivity index (χ2n) is 9.90. The molecule has 1 aliphatic rings. The molecular weight excluding hydrogens is 552 g/mol. The van der Waals surface area contributed by atoms with E-state index in [1.165, 1.54) is 29.6 Å². The minimum absolute atomic E-state index is 0.0331. The summed E-state index contributed by atoms with van der Waals surface area (Å²) < 4.78 is 39.1. The minimum atomic E-state index is -3.71. The Hall–Kier alpha value is -3.66. The average Bonchev–Trinajstić information content (AvgIpc) is 3.34.